The molecule has 2 heterocycles. The topological polar surface area (TPSA) is 86.7 Å². The van der Waals surface area contributed by atoms with Crippen LogP contribution in [0.3, 0.4) is 0 Å². The molecule has 26 heavy (non-hydrogen) atoms. The van der Waals surface area contributed by atoms with Crippen molar-refractivity contribution in [1.29, 1.82) is 0 Å². The third-order valence-corrected chi connectivity index (χ3v) is 7.09. The van der Waals surface area contributed by atoms with Crippen LogP contribution in [0.1, 0.15) is 6.92 Å². The molecule has 1 saturated heterocycles. The SMILES string of the molecule is CC1=C(C(=O)O)N2C(=O)C(NC(=O)CSc3cc(Cl)ccc3Cl)[C@@H]2SC1. The summed E-state index contributed by atoms with van der Waals surface area (Å²) in [5.41, 5.74) is 0.660. The second-order valence-electron chi connectivity index (χ2n) is 5.75. The van der Waals surface area contributed by atoms with Gasteiger partial charge in [-0.1, -0.05) is 23.2 Å². The number of nitrogens with one attached hydrogen (secondary N) is 1. The number of β-lactam (4-membered cyclic amide) rings is 1. The second-order valence-corrected chi connectivity index (χ2v) is 8.72. The number of rotatable bonds is 5. The largest absolute Gasteiger partial charge is 0.477 e. The van der Waals surface area contributed by atoms with Crippen molar-refractivity contribution >= 4 is 64.5 Å². The quantitative estimate of drug-likeness (QED) is 0.549. The zero-order valence-corrected chi connectivity index (χ0v) is 16.6. The van der Waals surface area contributed by atoms with Crippen molar-refractivity contribution in [3.8, 4) is 0 Å². The molecule has 138 valence electrons. The number of nitrogens with zero attached hydrogens (tertiary/aromatic N) is 1. The number of carboxylic acid groups (broad SMARTS) is 1. The summed E-state index contributed by atoms with van der Waals surface area (Å²) in [5, 5.41) is 12.6. The number of aliphatic carboxylic acids is 1. The molecular formula is C16H14Cl2N2O4S2. The molecule has 1 fully saturated rings. The van der Waals surface area contributed by atoms with E-state index in [4.69, 9.17) is 23.2 Å². The highest BCUT2D eigenvalue weighted by Gasteiger charge is 2.53. The van der Waals surface area contributed by atoms with Crippen LogP contribution in [0.2, 0.25) is 10.0 Å². The van der Waals surface area contributed by atoms with Crippen molar-refractivity contribution in [3.05, 3.63) is 39.5 Å². The number of benzene rings is 1. The number of carbonyl (C=O) groups is 3. The Balaban J connectivity index is 1.60. The Morgan fingerprint density at radius 3 is 2.85 bits per heavy atom. The lowest BCUT2D eigenvalue weighted by Crippen LogP contribution is -2.70. The molecular weight excluding hydrogens is 419 g/mol. The highest BCUT2D eigenvalue weighted by atomic mass is 35.5. The van der Waals surface area contributed by atoms with E-state index < -0.39 is 17.9 Å². The number of hydrogen-bond acceptors (Lipinski definition) is 5. The molecule has 2 aliphatic rings. The Labute approximate surface area is 168 Å². The van der Waals surface area contributed by atoms with E-state index in [1.165, 1.54) is 28.4 Å². The first-order chi connectivity index (χ1) is 12.3. The van der Waals surface area contributed by atoms with Crippen LogP contribution >= 0.6 is 46.7 Å². The highest BCUT2D eigenvalue weighted by molar-refractivity contribution is 8.00. The van der Waals surface area contributed by atoms with E-state index in [2.05, 4.69) is 5.32 Å². The van der Waals surface area contributed by atoms with Crippen molar-refractivity contribution in [1.82, 2.24) is 10.2 Å². The molecule has 0 radical (unpaired) electrons. The fourth-order valence-corrected chi connectivity index (χ4v) is 5.32. The lowest BCUT2D eigenvalue weighted by atomic mass is 10.0. The van der Waals surface area contributed by atoms with Gasteiger partial charge in [0.2, 0.25) is 5.91 Å². The lowest BCUT2D eigenvalue weighted by molar-refractivity contribution is -0.150. The molecule has 1 aromatic rings. The van der Waals surface area contributed by atoms with E-state index in [1.54, 1.807) is 25.1 Å². The summed E-state index contributed by atoms with van der Waals surface area (Å²) in [6.07, 6.45) is 0. The number of carbonyl (C=O) groups excluding carboxylic acids is 2. The van der Waals surface area contributed by atoms with Gasteiger partial charge in [0, 0.05) is 15.7 Å². The van der Waals surface area contributed by atoms with Gasteiger partial charge < -0.3 is 10.4 Å². The fourth-order valence-electron chi connectivity index (χ4n) is 2.72. The van der Waals surface area contributed by atoms with E-state index in [-0.39, 0.29) is 22.7 Å². The van der Waals surface area contributed by atoms with E-state index >= 15 is 0 Å². The van der Waals surface area contributed by atoms with Gasteiger partial charge in [-0.2, -0.15) is 0 Å². The third kappa shape index (κ3) is 3.69. The normalized spacial score (nSPS) is 22.0. The first-order valence-electron chi connectivity index (χ1n) is 7.54. The van der Waals surface area contributed by atoms with Crippen LogP contribution in [0, 0.1) is 0 Å². The van der Waals surface area contributed by atoms with E-state index in [1.807, 2.05) is 0 Å². The van der Waals surface area contributed by atoms with Crippen molar-refractivity contribution in [3.63, 3.8) is 0 Å². The average molecular weight is 433 g/mol. The predicted octanol–water partition coefficient (Wildman–Crippen LogP) is 2.84. The molecule has 0 bridgehead atoms. The lowest BCUT2D eigenvalue weighted by Gasteiger charge is -2.49. The molecule has 10 heteroatoms. The molecule has 1 aromatic carbocycles. The van der Waals surface area contributed by atoms with Crippen LogP contribution in [0.15, 0.2) is 34.4 Å². The maximum absolute atomic E-state index is 12.3. The molecule has 0 aliphatic carbocycles. The molecule has 2 aliphatic heterocycles. The van der Waals surface area contributed by atoms with E-state index in [0.29, 0.717) is 26.3 Å². The van der Waals surface area contributed by atoms with E-state index in [9.17, 15) is 19.5 Å². The molecule has 2 N–H and O–H groups in total. The van der Waals surface area contributed by atoms with Crippen LogP contribution in [0.4, 0.5) is 0 Å². The Morgan fingerprint density at radius 1 is 1.42 bits per heavy atom. The molecule has 0 saturated carbocycles. The van der Waals surface area contributed by atoms with Gasteiger partial charge in [-0.3, -0.25) is 14.5 Å². The van der Waals surface area contributed by atoms with Crippen LogP contribution in [-0.4, -0.2) is 50.7 Å². The first kappa shape index (κ1) is 19.4. The summed E-state index contributed by atoms with van der Waals surface area (Å²) in [6.45, 7) is 1.69. The Kier molecular flexibility index (Phi) is 5.76. The van der Waals surface area contributed by atoms with Crippen molar-refractivity contribution in [2.75, 3.05) is 11.5 Å². The third-order valence-electron chi connectivity index (χ3n) is 3.93. The Hall–Kier alpha value is -1.35. The van der Waals surface area contributed by atoms with Crippen LogP contribution in [0.25, 0.3) is 0 Å². The zero-order valence-electron chi connectivity index (χ0n) is 13.5. The summed E-state index contributed by atoms with van der Waals surface area (Å²) in [4.78, 5) is 37.8. The number of fused-ring (bicyclic) bond motifs is 1. The van der Waals surface area contributed by atoms with Gasteiger partial charge in [0.25, 0.3) is 5.91 Å². The maximum Gasteiger partial charge on any atom is 0.352 e. The van der Waals surface area contributed by atoms with Crippen LogP contribution < -0.4 is 5.32 Å². The molecule has 2 atom stereocenters. The fraction of sp³-hybridized carbons (Fsp3) is 0.312. The Morgan fingerprint density at radius 2 is 2.15 bits per heavy atom. The van der Waals surface area contributed by atoms with Gasteiger partial charge in [-0.25, -0.2) is 4.79 Å². The van der Waals surface area contributed by atoms with Gasteiger partial charge in [0.1, 0.15) is 17.1 Å². The highest BCUT2D eigenvalue weighted by Crippen LogP contribution is 2.40. The molecule has 0 spiro atoms. The van der Waals surface area contributed by atoms with Crippen molar-refractivity contribution in [2.24, 2.45) is 0 Å². The molecule has 3 rings (SSSR count). The minimum atomic E-state index is -1.13. The molecule has 0 aromatic heterocycles. The van der Waals surface area contributed by atoms with Gasteiger partial charge in [-0.15, -0.1) is 23.5 Å². The molecule has 2 amide bonds. The minimum Gasteiger partial charge on any atom is -0.477 e. The predicted molar refractivity (Wildman–Crippen MR) is 103 cm³/mol. The van der Waals surface area contributed by atoms with Gasteiger partial charge in [0.05, 0.1) is 10.8 Å². The van der Waals surface area contributed by atoms with Gasteiger partial charge in [0.15, 0.2) is 0 Å². The van der Waals surface area contributed by atoms with Crippen molar-refractivity contribution in [2.45, 2.75) is 23.2 Å². The standard InChI is InChI=1S/C16H14Cl2N2O4S2/c1-7-5-26-15-12(14(22)20(15)13(7)16(23)24)19-11(21)6-25-10-4-8(17)2-3-9(10)18/h2-4,12,15H,5-6H2,1H3,(H,19,21)(H,23,24)/t12?,15-/m0/s1. The number of hydrogen-bond donors (Lipinski definition) is 2. The zero-order chi connectivity index (χ0) is 19.0. The van der Waals surface area contributed by atoms with Gasteiger partial charge in [-0.05, 0) is 30.7 Å². The summed E-state index contributed by atoms with van der Waals surface area (Å²) >= 11 is 14.6. The summed E-state index contributed by atoms with van der Waals surface area (Å²) in [5.74, 6) is -1.28. The van der Waals surface area contributed by atoms with E-state index in [0.717, 1.165) is 0 Å². The maximum atomic E-state index is 12.3. The van der Waals surface area contributed by atoms with Crippen LogP contribution in [-0.2, 0) is 14.4 Å². The molecule has 6 nitrogen and oxygen atoms in total. The monoisotopic (exact) mass is 432 g/mol. The minimum absolute atomic E-state index is 0.0179. The van der Waals surface area contributed by atoms with Gasteiger partial charge >= 0.3 is 5.97 Å². The second kappa shape index (κ2) is 7.72. The smallest absolute Gasteiger partial charge is 0.352 e. The summed E-state index contributed by atoms with van der Waals surface area (Å²) in [6, 6.07) is 4.26. The van der Waals surface area contributed by atoms with Crippen LogP contribution in [0.5, 0.6) is 0 Å². The Bertz CT molecular complexity index is 830. The number of carboxylic acids is 1. The summed E-state index contributed by atoms with van der Waals surface area (Å²) in [7, 11) is 0. The molecule has 1 unspecified atom stereocenters. The first-order valence-corrected chi connectivity index (χ1v) is 10.3. The number of halogens is 2. The average Bonchev–Trinajstić information content (AvgIpc) is 2.59. The summed E-state index contributed by atoms with van der Waals surface area (Å²) < 4.78 is 0. The number of amides is 2. The van der Waals surface area contributed by atoms with Crippen molar-refractivity contribution < 1.29 is 19.5 Å². The number of thioether (sulfide) groups is 2.